The average molecular weight is 657 g/mol. The molecule has 0 saturated heterocycles. The zero-order valence-corrected chi connectivity index (χ0v) is 21.0. The van der Waals surface area contributed by atoms with Gasteiger partial charge in [-0.05, 0) is 86.6 Å². The number of hydrogen-bond donors (Lipinski definition) is 2. The first-order valence-electron chi connectivity index (χ1n) is 9.14. The molecule has 0 bridgehead atoms. The molecule has 0 aliphatic carbocycles. The van der Waals surface area contributed by atoms with Crippen molar-refractivity contribution in [2.24, 2.45) is 5.73 Å². The number of phenols is 1. The van der Waals surface area contributed by atoms with Crippen molar-refractivity contribution in [2.45, 2.75) is 12.5 Å². The highest BCUT2D eigenvalue weighted by molar-refractivity contribution is 14.1. The molecule has 4 rings (SSSR count). The summed E-state index contributed by atoms with van der Waals surface area (Å²) in [7, 11) is 0. The second-order valence-electron chi connectivity index (χ2n) is 6.88. The summed E-state index contributed by atoms with van der Waals surface area (Å²) in [6, 6.07) is 18.5. The normalized spacial score (nSPS) is 15.1. The Morgan fingerprint density at radius 1 is 1.10 bits per heavy atom. The van der Waals surface area contributed by atoms with Crippen molar-refractivity contribution in [3.63, 3.8) is 0 Å². The number of hydrogen-bond acceptors (Lipinski definition) is 5. The molecule has 5 nitrogen and oxygen atoms in total. The number of aromatic hydroxyl groups is 1. The molecule has 1 heterocycles. The topological polar surface area (TPSA) is 88.5 Å². The van der Waals surface area contributed by atoms with Crippen LogP contribution < -0.4 is 15.2 Å². The third-order valence-electron chi connectivity index (χ3n) is 4.85. The van der Waals surface area contributed by atoms with Crippen LogP contribution in [0.4, 0.5) is 0 Å². The van der Waals surface area contributed by atoms with Crippen molar-refractivity contribution in [3.05, 3.63) is 94.9 Å². The molecule has 1 atom stereocenters. The fourth-order valence-electron chi connectivity index (χ4n) is 3.41. The standard InChI is InChI=1S/C23H15ClI2N2O3/c24-14-3-1-12(2-4-14)11-30-22-18(25)7-13(8-19(22)26)21-16-6-5-15(29)9-20(16)31-23(28)17(21)10-27/h1-9,21,29H,11,28H2/t21-/m0/s1. The second-order valence-corrected chi connectivity index (χ2v) is 9.64. The van der Waals surface area contributed by atoms with Crippen LogP contribution >= 0.6 is 56.8 Å². The third kappa shape index (κ3) is 4.56. The van der Waals surface area contributed by atoms with E-state index in [-0.39, 0.29) is 11.6 Å². The summed E-state index contributed by atoms with van der Waals surface area (Å²) < 4.78 is 13.5. The van der Waals surface area contributed by atoms with E-state index in [9.17, 15) is 10.4 Å². The van der Waals surface area contributed by atoms with Gasteiger partial charge in [-0.3, -0.25) is 0 Å². The van der Waals surface area contributed by atoms with E-state index in [1.54, 1.807) is 12.1 Å². The van der Waals surface area contributed by atoms with E-state index >= 15 is 0 Å². The van der Waals surface area contributed by atoms with Crippen LogP contribution in [0.5, 0.6) is 17.2 Å². The molecular formula is C23H15ClI2N2O3. The Morgan fingerprint density at radius 2 is 1.77 bits per heavy atom. The Hall–Kier alpha value is -2.16. The van der Waals surface area contributed by atoms with E-state index in [0.29, 0.717) is 23.0 Å². The number of benzene rings is 3. The van der Waals surface area contributed by atoms with Crippen molar-refractivity contribution >= 4 is 56.8 Å². The van der Waals surface area contributed by atoms with Crippen LogP contribution in [0.2, 0.25) is 5.02 Å². The fraction of sp³-hybridized carbons (Fsp3) is 0.0870. The minimum atomic E-state index is -0.401. The van der Waals surface area contributed by atoms with Gasteiger partial charge in [0.25, 0.3) is 0 Å². The number of nitrogens with zero attached hydrogens (tertiary/aromatic N) is 1. The van der Waals surface area contributed by atoms with Crippen LogP contribution in [0.1, 0.15) is 22.6 Å². The minimum Gasteiger partial charge on any atom is -0.508 e. The van der Waals surface area contributed by atoms with Crippen LogP contribution in [-0.2, 0) is 6.61 Å². The first-order valence-corrected chi connectivity index (χ1v) is 11.7. The number of fused-ring (bicyclic) bond motifs is 1. The predicted octanol–water partition coefficient (Wildman–Crippen LogP) is 6.05. The Balaban J connectivity index is 1.70. The van der Waals surface area contributed by atoms with Crippen LogP contribution in [-0.4, -0.2) is 5.11 Å². The van der Waals surface area contributed by atoms with Gasteiger partial charge in [-0.2, -0.15) is 5.26 Å². The number of ether oxygens (including phenoxy) is 2. The van der Waals surface area contributed by atoms with Crippen LogP contribution in [0.25, 0.3) is 0 Å². The molecule has 8 heteroatoms. The molecule has 0 fully saturated rings. The maximum atomic E-state index is 9.82. The summed E-state index contributed by atoms with van der Waals surface area (Å²) in [5.41, 5.74) is 9.03. The van der Waals surface area contributed by atoms with Crippen molar-refractivity contribution in [3.8, 4) is 23.3 Å². The molecule has 0 aromatic heterocycles. The van der Waals surface area contributed by atoms with E-state index in [0.717, 1.165) is 29.6 Å². The average Bonchev–Trinajstić information content (AvgIpc) is 2.73. The quantitative estimate of drug-likeness (QED) is 0.334. The minimum absolute atomic E-state index is 0.0404. The molecular weight excluding hydrogens is 642 g/mol. The zero-order valence-electron chi connectivity index (χ0n) is 15.9. The molecule has 1 aliphatic rings. The summed E-state index contributed by atoms with van der Waals surface area (Å²) in [6.07, 6.45) is 0. The Labute approximate surface area is 211 Å². The summed E-state index contributed by atoms with van der Waals surface area (Å²) in [4.78, 5) is 0. The van der Waals surface area contributed by atoms with Gasteiger partial charge < -0.3 is 20.3 Å². The van der Waals surface area contributed by atoms with Gasteiger partial charge in [-0.25, -0.2) is 0 Å². The molecule has 3 aromatic carbocycles. The smallest absolute Gasteiger partial charge is 0.205 e. The number of halogens is 3. The van der Waals surface area contributed by atoms with Crippen molar-refractivity contribution in [1.82, 2.24) is 0 Å². The van der Waals surface area contributed by atoms with Crippen LogP contribution in [0, 0.1) is 18.5 Å². The number of rotatable bonds is 4. The molecule has 0 saturated carbocycles. The maximum absolute atomic E-state index is 9.82. The first kappa shape index (κ1) is 22.0. The van der Waals surface area contributed by atoms with Crippen molar-refractivity contribution in [2.75, 3.05) is 0 Å². The van der Waals surface area contributed by atoms with E-state index in [4.69, 9.17) is 26.8 Å². The molecule has 156 valence electrons. The molecule has 1 aliphatic heterocycles. The van der Waals surface area contributed by atoms with Gasteiger partial charge >= 0.3 is 0 Å². The Kier molecular flexibility index (Phi) is 6.50. The highest BCUT2D eigenvalue weighted by Crippen LogP contribution is 2.45. The molecule has 0 radical (unpaired) electrons. The largest absolute Gasteiger partial charge is 0.508 e. The lowest BCUT2D eigenvalue weighted by Crippen LogP contribution is -2.21. The molecule has 3 N–H and O–H groups in total. The Morgan fingerprint density at radius 3 is 2.42 bits per heavy atom. The number of allylic oxidation sites excluding steroid dienone is 1. The molecule has 0 unspecified atom stereocenters. The first-order chi connectivity index (χ1) is 14.9. The van der Waals surface area contributed by atoms with Crippen LogP contribution in [0.3, 0.4) is 0 Å². The van der Waals surface area contributed by atoms with Gasteiger partial charge in [0.1, 0.15) is 35.5 Å². The number of nitrogens with two attached hydrogens (primary N) is 1. The number of phenolic OH excluding ortho intramolecular Hbond substituents is 1. The van der Waals surface area contributed by atoms with Crippen molar-refractivity contribution in [1.29, 1.82) is 5.26 Å². The second kappa shape index (κ2) is 9.14. The van der Waals surface area contributed by atoms with Gasteiger partial charge in [0.05, 0.1) is 13.1 Å². The molecule has 0 amide bonds. The summed E-state index contributed by atoms with van der Waals surface area (Å²) in [5, 5.41) is 20.2. The lowest BCUT2D eigenvalue weighted by atomic mass is 9.83. The highest BCUT2D eigenvalue weighted by atomic mass is 127. The van der Waals surface area contributed by atoms with Crippen molar-refractivity contribution < 1.29 is 14.6 Å². The SMILES string of the molecule is N#CC1=C(N)Oc2cc(O)ccc2[C@@H]1c1cc(I)c(OCc2ccc(Cl)cc2)c(I)c1. The van der Waals surface area contributed by atoms with Crippen LogP contribution in [0.15, 0.2) is 66.1 Å². The maximum Gasteiger partial charge on any atom is 0.205 e. The zero-order chi connectivity index (χ0) is 22.1. The van der Waals surface area contributed by atoms with Gasteiger partial charge in [-0.1, -0.05) is 29.8 Å². The van der Waals surface area contributed by atoms with E-state index in [2.05, 4.69) is 51.3 Å². The lowest BCUT2D eigenvalue weighted by Gasteiger charge is -2.27. The van der Waals surface area contributed by atoms with Gasteiger partial charge in [0, 0.05) is 16.7 Å². The van der Waals surface area contributed by atoms with Gasteiger partial charge in [-0.15, -0.1) is 0 Å². The summed E-state index contributed by atoms with van der Waals surface area (Å²) in [5.74, 6) is 0.920. The van der Waals surface area contributed by atoms with E-state index < -0.39 is 5.92 Å². The molecule has 0 spiro atoms. The predicted molar refractivity (Wildman–Crippen MR) is 135 cm³/mol. The summed E-state index contributed by atoms with van der Waals surface area (Å²) >= 11 is 10.4. The third-order valence-corrected chi connectivity index (χ3v) is 6.71. The Bertz CT molecular complexity index is 1210. The van der Waals surface area contributed by atoms with E-state index in [1.807, 2.05) is 36.4 Å². The lowest BCUT2D eigenvalue weighted by molar-refractivity contribution is 0.301. The van der Waals surface area contributed by atoms with Gasteiger partial charge in [0.15, 0.2) is 0 Å². The molecule has 31 heavy (non-hydrogen) atoms. The van der Waals surface area contributed by atoms with E-state index in [1.165, 1.54) is 6.07 Å². The molecule has 3 aromatic rings. The van der Waals surface area contributed by atoms with Gasteiger partial charge in [0.2, 0.25) is 5.88 Å². The fourth-order valence-corrected chi connectivity index (χ4v) is 5.66. The summed E-state index contributed by atoms with van der Waals surface area (Å²) in [6.45, 7) is 0.415. The highest BCUT2D eigenvalue weighted by Gasteiger charge is 2.31. The monoisotopic (exact) mass is 656 g/mol. The number of nitriles is 1.